The van der Waals surface area contributed by atoms with E-state index >= 15 is 0 Å². The molecular weight excluding hydrogens is 370 g/mol. The van der Waals surface area contributed by atoms with E-state index in [1.165, 1.54) is 0 Å². The number of hydrogen-bond donors (Lipinski definition) is 1. The molecule has 28 heavy (non-hydrogen) atoms. The maximum Gasteiger partial charge on any atom is 0.251 e. The lowest BCUT2D eigenvalue weighted by Crippen LogP contribution is -2.26. The number of methoxy groups -OCH3 is 1. The van der Waals surface area contributed by atoms with E-state index in [2.05, 4.69) is 5.32 Å². The average molecular weight is 392 g/mol. The van der Waals surface area contributed by atoms with Crippen LogP contribution in [0.3, 0.4) is 0 Å². The van der Waals surface area contributed by atoms with Crippen LogP contribution in [0.4, 0.5) is 0 Å². The molecule has 3 aromatic carbocycles. The molecule has 0 aliphatic carbocycles. The first kappa shape index (κ1) is 19.7. The van der Waals surface area contributed by atoms with Gasteiger partial charge in [-0.05, 0) is 47.4 Å². The van der Waals surface area contributed by atoms with Crippen molar-refractivity contribution in [2.45, 2.75) is 6.42 Å². The van der Waals surface area contributed by atoms with Crippen molar-refractivity contribution < 1.29 is 9.53 Å². The first-order valence-electron chi connectivity index (χ1n) is 9.10. The zero-order valence-corrected chi connectivity index (χ0v) is 16.4. The van der Waals surface area contributed by atoms with Crippen LogP contribution in [0.2, 0.25) is 5.02 Å². The molecule has 142 valence electrons. The van der Waals surface area contributed by atoms with Gasteiger partial charge >= 0.3 is 0 Å². The van der Waals surface area contributed by atoms with E-state index < -0.39 is 0 Å². The third-order valence-corrected chi connectivity index (χ3v) is 4.74. The number of carbonyl (C=O) groups excluding carboxylic acids is 1. The number of amides is 1. The maximum absolute atomic E-state index is 12.9. The van der Waals surface area contributed by atoms with Gasteiger partial charge in [-0.2, -0.15) is 0 Å². The molecule has 3 rings (SSSR count). The lowest BCUT2D eigenvalue weighted by molar-refractivity contribution is -0.115. The lowest BCUT2D eigenvalue weighted by Gasteiger charge is -2.11. The molecule has 1 amide bonds. The Morgan fingerprint density at radius 1 is 0.964 bits per heavy atom. The molecule has 0 aliphatic heterocycles. The van der Waals surface area contributed by atoms with Crippen molar-refractivity contribution in [3.8, 4) is 5.75 Å². The number of hydrogen-bond acceptors (Lipinski definition) is 2. The summed E-state index contributed by atoms with van der Waals surface area (Å²) >= 11 is 6.28. The molecule has 4 heteroatoms. The predicted molar refractivity (Wildman–Crippen MR) is 115 cm³/mol. The molecule has 0 heterocycles. The minimum absolute atomic E-state index is 0.125. The molecule has 0 saturated heterocycles. The van der Waals surface area contributed by atoms with Gasteiger partial charge in [-0.15, -0.1) is 0 Å². The zero-order valence-electron chi connectivity index (χ0n) is 15.7. The Kier molecular flexibility index (Phi) is 6.88. The third-order valence-electron chi connectivity index (χ3n) is 4.39. The summed E-state index contributed by atoms with van der Waals surface area (Å²) in [5.41, 5.74) is 3.39. The fourth-order valence-corrected chi connectivity index (χ4v) is 3.04. The van der Waals surface area contributed by atoms with E-state index in [9.17, 15) is 4.79 Å². The highest BCUT2D eigenvalue weighted by atomic mass is 35.5. The Morgan fingerprint density at radius 3 is 2.32 bits per heavy atom. The monoisotopic (exact) mass is 391 g/mol. The van der Waals surface area contributed by atoms with E-state index in [-0.39, 0.29) is 5.91 Å². The summed E-state index contributed by atoms with van der Waals surface area (Å²) in [6.45, 7) is 0.540. The van der Waals surface area contributed by atoms with Crippen LogP contribution in [0, 0.1) is 0 Å². The van der Waals surface area contributed by atoms with Gasteiger partial charge in [0.2, 0.25) is 0 Å². The number of carbonyl (C=O) groups is 1. The fraction of sp³-hybridized carbons (Fsp3) is 0.125. The molecule has 0 unspecified atom stereocenters. The number of benzene rings is 3. The molecule has 0 fully saturated rings. The van der Waals surface area contributed by atoms with Crippen LogP contribution in [-0.4, -0.2) is 19.6 Å². The second-order valence-electron chi connectivity index (χ2n) is 6.30. The van der Waals surface area contributed by atoms with Crippen molar-refractivity contribution >= 4 is 29.2 Å². The standard InChI is InChI=1S/C24H22ClNO2/c1-28-21-13-11-18(12-14-21)15-16-26-24(27)22(19-7-3-2-4-8-19)17-20-9-5-6-10-23(20)25/h2-14,17H,15-16H2,1H3,(H,26,27)/b22-17+. The molecule has 0 aliphatic rings. The number of ether oxygens (including phenoxy) is 1. The van der Waals surface area contributed by atoms with E-state index in [4.69, 9.17) is 16.3 Å². The van der Waals surface area contributed by atoms with Gasteiger partial charge in [0, 0.05) is 17.1 Å². The predicted octanol–water partition coefficient (Wildman–Crippen LogP) is 5.25. The van der Waals surface area contributed by atoms with Crippen molar-refractivity contribution in [3.63, 3.8) is 0 Å². The van der Waals surface area contributed by atoms with Crippen LogP contribution in [0.1, 0.15) is 16.7 Å². The molecule has 0 aromatic heterocycles. The SMILES string of the molecule is COc1ccc(CCNC(=O)/C(=C/c2ccccc2Cl)c2ccccc2)cc1. The van der Waals surface area contributed by atoms with Crippen LogP contribution in [0.5, 0.6) is 5.75 Å². The first-order chi connectivity index (χ1) is 13.7. The van der Waals surface area contributed by atoms with E-state index in [1.54, 1.807) is 7.11 Å². The molecule has 0 saturated carbocycles. The van der Waals surface area contributed by atoms with Crippen LogP contribution in [0.15, 0.2) is 78.9 Å². The number of nitrogens with one attached hydrogen (secondary N) is 1. The van der Waals surface area contributed by atoms with Crippen molar-refractivity contribution in [1.82, 2.24) is 5.32 Å². The van der Waals surface area contributed by atoms with E-state index in [0.717, 1.165) is 28.9 Å². The lowest BCUT2D eigenvalue weighted by atomic mass is 10.0. The average Bonchev–Trinajstić information content (AvgIpc) is 2.74. The minimum Gasteiger partial charge on any atom is -0.497 e. The normalized spacial score (nSPS) is 11.1. The highest BCUT2D eigenvalue weighted by Gasteiger charge is 2.12. The minimum atomic E-state index is -0.125. The Morgan fingerprint density at radius 2 is 1.64 bits per heavy atom. The topological polar surface area (TPSA) is 38.3 Å². The first-order valence-corrected chi connectivity index (χ1v) is 9.48. The van der Waals surface area contributed by atoms with Gasteiger partial charge in [0.25, 0.3) is 5.91 Å². The zero-order chi connectivity index (χ0) is 19.8. The third kappa shape index (κ3) is 5.24. The molecule has 0 bridgehead atoms. The van der Waals surface area contributed by atoms with Gasteiger partial charge in [-0.25, -0.2) is 0 Å². The van der Waals surface area contributed by atoms with Crippen molar-refractivity contribution in [2.24, 2.45) is 0 Å². The summed E-state index contributed by atoms with van der Waals surface area (Å²) < 4.78 is 5.17. The Balaban J connectivity index is 1.74. The van der Waals surface area contributed by atoms with E-state index in [1.807, 2.05) is 84.9 Å². The molecular formula is C24H22ClNO2. The van der Waals surface area contributed by atoms with Gasteiger partial charge in [0.05, 0.1) is 7.11 Å². The van der Waals surface area contributed by atoms with Gasteiger partial charge < -0.3 is 10.1 Å². The van der Waals surface area contributed by atoms with Crippen molar-refractivity contribution in [1.29, 1.82) is 0 Å². The molecule has 1 N–H and O–H groups in total. The Bertz CT molecular complexity index is 950. The van der Waals surface area contributed by atoms with Gasteiger partial charge in [-0.3, -0.25) is 4.79 Å². The summed E-state index contributed by atoms with van der Waals surface area (Å²) in [5, 5.41) is 3.63. The fourth-order valence-electron chi connectivity index (χ4n) is 2.85. The highest BCUT2D eigenvalue weighted by Crippen LogP contribution is 2.23. The largest absolute Gasteiger partial charge is 0.497 e. The molecule has 0 spiro atoms. The second-order valence-corrected chi connectivity index (χ2v) is 6.71. The summed E-state index contributed by atoms with van der Waals surface area (Å²) in [7, 11) is 1.64. The van der Waals surface area contributed by atoms with E-state index in [0.29, 0.717) is 17.1 Å². The van der Waals surface area contributed by atoms with Gasteiger partial charge in [0.15, 0.2) is 0 Å². The summed E-state index contributed by atoms with van der Waals surface area (Å²) in [6, 6.07) is 24.9. The Labute approximate surface area is 170 Å². The van der Waals surface area contributed by atoms with Crippen molar-refractivity contribution in [2.75, 3.05) is 13.7 Å². The van der Waals surface area contributed by atoms with Crippen LogP contribution in [0.25, 0.3) is 11.6 Å². The summed E-state index contributed by atoms with van der Waals surface area (Å²) in [4.78, 5) is 12.9. The van der Waals surface area contributed by atoms with Crippen LogP contribution in [-0.2, 0) is 11.2 Å². The molecule has 0 atom stereocenters. The van der Waals surface area contributed by atoms with Gasteiger partial charge in [0.1, 0.15) is 5.75 Å². The molecule has 0 radical (unpaired) electrons. The smallest absolute Gasteiger partial charge is 0.251 e. The van der Waals surface area contributed by atoms with Crippen molar-refractivity contribution in [3.05, 3.63) is 101 Å². The quantitative estimate of drug-likeness (QED) is 0.441. The Hall–Kier alpha value is -3.04. The summed E-state index contributed by atoms with van der Waals surface area (Å²) in [6.07, 6.45) is 2.57. The molecule has 3 nitrogen and oxygen atoms in total. The van der Waals surface area contributed by atoms with Crippen LogP contribution < -0.4 is 10.1 Å². The summed E-state index contributed by atoms with van der Waals surface area (Å²) in [5.74, 6) is 0.696. The maximum atomic E-state index is 12.9. The van der Waals surface area contributed by atoms with Crippen LogP contribution >= 0.6 is 11.6 Å². The number of halogens is 1. The molecule has 3 aromatic rings. The second kappa shape index (κ2) is 9.77. The number of rotatable bonds is 7. The van der Waals surface area contributed by atoms with Gasteiger partial charge in [-0.1, -0.05) is 72.3 Å². The highest BCUT2D eigenvalue weighted by molar-refractivity contribution is 6.33.